The summed E-state index contributed by atoms with van der Waals surface area (Å²) < 4.78 is 1.33. The Kier molecular flexibility index (Phi) is 4.08. The lowest BCUT2D eigenvalue weighted by Gasteiger charge is -2.42. The molecule has 1 saturated carbocycles. The largest absolute Gasteiger partial charge is 0.316 e. The number of fused-ring (bicyclic) bond motifs is 1. The second-order valence-electron chi connectivity index (χ2n) is 6.63. The predicted molar refractivity (Wildman–Crippen MR) is 87.3 cm³/mol. The molecule has 0 atom stereocenters. The van der Waals surface area contributed by atoms with Gasteiger partial charge in [-0.05, 0) is 42.9 Å². The molecule has 0 amide bonds. The Hall–Kier alpha value is -0.930. The minimum absolute atomic E-state index is 0.475. The summed E-state index contributed by atoms with van der Waals surface area (Å²) in [6.07, 6.45) is 5.24. The van der Waals surface area contributed by atoms with E-state index in [1.165, 1.54) is 29.0 Å². The van der Waals surface area contributed by atoms with Gasteiger partial charge < -0.3 is 5.32 Å². The van der Waals surface area contributed by atoms with Crippen molar-refractivity contribution in [3.8, 4) is 0 Å². The van der Waals surface area contributed by atoms with E-state index < -0.39 is 0 Å². The molecule has 1 aliphatic rings. The molecule has 2 nitrogen and oxygen atoms in total. The molecule has 3 rings (SSSR count). The van der Waals surface area contributed by atoms with Crippen LogP contribution in [0.5, 0.6) is 0 Å². The van der Waals surface area contributed by atoms with Gasteiger partial charge in [-0.15, -0.1) is 11.3 Å². The van der Waals surface area contributed by atoms with Crippen molar-refractivity contribution in [1.82, 2.24) is 10.3 Å². The van der Waals surface area contributed by atoms with Gasteiger partial charge in [-0.2, -0.15) is 0 Å². The molecule has 2 aromatic rings. The first-order valence-electron chi connectivity index (χ1n) is 7.72. The van der Waals surface area contributed by atoms with E-state index in [1.807, 2.05) is 11.3 Å². The van der Waals surface area contributed by atoms with Crippen LogP contribution in [0.2, 0.25) is 0 Å². The van der Waals surface area contributed by atoms with Gasteiger partial charge in [0.15, 0.2) is 0 Å². The summed E-state index contributed by atoms with van der Waals surface area (Å²) in [7, 11) is 0. The molecule has 1 N–H and O–H groups in total. The maximum atomic E-state index is 4.81. The van der Waals surface area contributed by atoms with Crippen LogP contribution in [0, 0.1) is 11.3 Å². The fourth-order valence-electron chi connectivity index (χ4n) is 3.04. The number of hydrogen-bond acceptors (Lipinski definition) is 3. The number of aromatic nitrogens is 1. The van der Waals surface area contributed by atoms with Crippen molar-refractivity contribution < 1.29 is 0 Å². The van der Waals surface area contributed by atoms with Crippen LogP contribution >= 0.6 is 11.3 Å². The van der Waals surface area contributed by atoms with Crippen molar-refractivity contribution in [2.75, 3.05) is 13.1 Å². The number of nitrogens with one attached hydrogen (secondary N) is 1. The Morgan fingerprint density at radius 3 is 2.75 bits per heavy atom. The summed E-state index contributed by atoms with van der Waals surface area (Å²) in [5.74, 6) is 0.731. The molecule has 3 heteroatoms. The minimum Gasteiger partial charge on any atom is -0.316 e. The molecule has 20 heavy (non-hydrogen) atoms. The number of thiazole rings is 1. The van der Waals surface area contributed by atoms with Crippen molar-refractivity contribution in [3.63, 3.8) is 0 Å². The predicted octanol–water partition coefficient (Wildman–Crippen LogP) is 4.25. The molecule has 0 aliphatic heterocycles. The van der Waals surface area contributed by atoms with Gasteiger partial charge >= 0.3 is 0 Å². The minimum atomic E-state index is 0.475. The number of nitrogens with zero attached hydrogens (tertiary/aromatic N) is 1. The van der Waals surface area contributed by atoms with Crippen LogP contribution in [0.4, 0.5) is 0 Å². The van der Waals surface area contributed by atoms with Crippen LogP contribution in [0.15, 0.2) is 24.3 Å². The molecule has 1 aliphatic carbocycles. The number of rotatable bonds is 6. The summed E-state index contributed by atoms with van der Waals surface area (Å²) in [6.45, 7) is 6.82. The smallest absolute Gasteiger partial charge is 0.0944 e. The Labute approximate surface area is 125 Å². The van der Waals surface area contributed by atoms with Crippen molar-refractivity contribution in [2.24, 2.45) is 11.3 Å². The van der Waals surface area contributed by atoms with Gasteiger partial charge in [0.1, 0.15) is 0 Å². The highest BCUT2D eigenvalue weighted by molar-refractivity contribution is 7.18. The standard InChI is InChI=1S/C17H24N2S/c1-13(2)11-18-12-17(8-5-9-17)10-16-19-14-6-3-4-7-15(14)20-16/h3-4,6-7,13,18H,5,8-12H2,1-2H3. The van der Waals surface area contributed by atoms with Crippen LogP contribution < -0.4 is 5.32 Å². The summed E-state index contributed by atoms with van der Waals surface area (Å²) in [5, 5.41) is 4.98. The van der Waals surface area contributed by atoms with Crippen LogP contribution in [0.25, 0.3) is 10.2 Å². The fraction of sp³-hybridized carbons (Fsp3) is 0.588. The van der Waals surface area contributed by atoms with Crippen LogP contribution in [0.3, 0.4) is 0 Å². The normalized spacial score (nSPS) is 17.6. The van der Waals surface area contributed by atoms with Crippen LogP contribution in [-0.4, -0.2) is 18.1 Å². The van der Waals surface area contributed by atoms with E-state index in [2.05, 4.69) is 43.4 Å². The summed E-state index contributed by atoms with van der Waals surface area (Å²) in [4.78, 5) is 4.81. The zero-order chi connectivity index (χ0) is 14.0. The average molecular weight is 288 g/mol. The molecule has 0 spiro atoms. The first-order chi connectivity index (χ1) is 9.67. The lowest BCUT2D eigenvalue weighted by molar-refractivity contribution is 0.129. The molecule has 1 aromatic carbocycles. The third-order valence-electron chi connectivity index (χ3n) is 4.33. The van der Waals surface area contributed by atoms with Crippen molar-refractivity contribution in [3.05, 3.63) is 29.3 Å². The van der Waals surface area contributed by atoms with E-state index in [-0.39, 0.29) is 0 Å². The molecule has 0 bridgehead atoms. The van der Waals surface area contributed by atoms with Gasteiger partial charge in [0.05, 0.1) is 15.2 Å². The highest BCUT2D eigenvalue weighted by Crippen LogP contribution is 2.44. The van der Waals surface area contributed by atoms with Crippen molar-refractivity contribution >= 4 is 21.6 Å². The Morgan fingerprint density at radius 2 is 2.10 bits per heavy atom. The van der Waals surface area contributed by atoms with E-state index in [4.69, 9.17) is 4.98 Å². The number of para-hydroxylation sites is 1. The monoisotopic (exact) mass is 288 g/mol. The second-order valence-corrected chi connectivity index (χ2v) is 7.75. The van der Waals surface area contributed by atoms with E-state index in [9.17, 15) is 0 Å². The fourth-order valence-corrected chi connectivity index (χ4v) is 4.18. The molecule has 1 heterocycles. The molecule has 1 aromatic heterocycles. The summed E-state index contributed by atoms with van der Waals surface area (Å²) in [6, 6.07) is 8.49. The van der Waals surface area contributed by atoms with E-state index in [0.717, 1.165) is 30.9 Å². The van der Waals surface area contributed by atoms with Crippen LogP contribution in [0.1, 0.15) is 38.1 Å². The van der Waals surface area contributed by atoms with Crippen LogP contribution in [-0.2, 0) is 6.42 Å². The molecule has 0 radical (unpaired) electrons. The van der Waals surface area contributed by atoms with E-state index in [1.54, 1.807) is 0 Å². The third-order valence-corrected chi connectivity index (χ3v) is 5.37. The first kappa shape index (κ1) is 14.0. The maximum Gasteiger partial charge on any atom is 0.0944 e. The zero-order valence-electron chi connectivity index (χ0n) is 12.5. The molecule has 108 valence electrons. The Bertz CT molecular complexity index is 536. The zero-order valence-corrected chi connectivity index (χ0v) is 13.3. The summed E-state index contributed by atoms with van der Waals surface area (Å²) in [5.41, 5.74) is 1.64. The SMILES string of the molecule is CC(C)CNCC1(Cc2nc3ccccc3s2)CCC1. The average Bonchev–Trinajstić information content (AvgIpc) is 2.77. The van der Waals surface area contributed by atoms with Gasteiger partial charge in [0, 0.05) is 13.0 Å². The van der Waals surface area contributed by atoms with E-state index in [0.29, 0.717) is 5.41 Å². The number of benzene rings is 1. The first-order valence-corrected chi connectivity index (χ1v) is 8.54. The lowest BCUT2D eigenvalue weighted by Crippen LogP contribution is -2.42. The van der Waals surface area contributed by atoms with E-state index >= 15 is 0 Å². The molecular formula is C17H24N2S. The lowest BCUT2D eigenvalue weighted by atomic mass is 9.66. The molecule has 0 unspecified atom stereocenters. The van der Waals surface area contributed by atoms with Gasteiger partial charge in [0.2, 0.25) is 0 Å². The Balaban J connectivity index is 1.67. The van der Waals surface area contributed by atoms with Gasteiger partial charge in [-0.1, -0.05) is 32.4 Å². The summed E-state index contributed by atoms with van der Waals surface area (Å²) >= 11 is 1.87. The molecular weight excluding hydrogens is 264 g/mol. The van der Waals surface area contributed by atoms with Gasteiger partial charge in [0.25, 0.3) is 0 Å². The van der Waals surface area contributed by atoms with Crippen molar-refractivity contribution in [1.29, 1.82) is 0 Å². The van der Waals surface area contributed by atoms with Gasteiger partial charge in [-0.3, -0.25) is 0 Å². The number of hydrogen-bond donors (Lipinski definition) is 1. The second kappa shape index (κ2) is 5.82. The molecule has 1 fully saturated rings. The third kappa shape index (κ3) is 3.04. The van der Waals surface area contributed by atoms with Crippen molar-refractivity contribution in [2.45, 2.75) is 39.5 Å². The maximum absolute atomic E-state index is 4.81. The highest BCUT2D eigenvalue weighted by Gasteiger charge is 2.37. The molecule has 0 saturated heterocycles. The highest BCUT2D eigenvalue weighted by atomic mass is 32.1. The van der Waals surface area contributed by atoms with Gasteiger partial charge in [-0.25, -0.2) is 4.98 Å². The quantitative estimate of drug-likeness (QED) is 0.859. The topological polar surface area (TPSA) is 24.9 Å². The Morgan fingerprint density at radius 1 is 1.30 bits per heavy atom.